The Morgan fingerprint density at radius 2 is 2.08 bits per heavy atom. The molecule has 2 N–H and O–H groups in total. The number of rotatable bonds is 3. The number of hydrogen-bond acceptors (Lipinski definition) is 7. The summed E-state index contributed by atoms with van der Waals surface area (Å²) in [7, 11) is 1.42. The molecule has 124 valence electrons. The van der Waals surface area contributed by atoms with Crippen molar-refractivity contribution in [3.8, 4) is 0 Å². The van der Waals surface area contributed by atoms with Crippen molar-refractivity contribution < 1.29 is 9.53 Å². The second-order valence-corrected chi connectivity index (χ2v) is 6.55. The summed E-state index contributed by atoms with van der Waals surface area (Å²) in [5.41, 5.74) is 6.54. The lowest BCUT2D eigenvalue weighted by Crippen LogP contribution is -2.17. The first kappa shape index (κ1) is 16.1. The molecule has 3 rings (SSSR count). The minimum absolute atomic E-state index is 0.201. The van der Waals surface area contributed by atoms with Gasteiger partial charge in [-0.3, -0.25) is 9.59 Å². The zero-order valence-electron chi connectivity index (χ0n) is 13.4. The van der Waals surface area contributed by atoms with Crippen LogP contribution in [-0.2, 0) is 9.53 Å². The first-order chi connectivity index (χ1) is 11.4. The molecule has 0 aliphatic heterocycles. The van der Waals surface area contributed by atoms with Gasteiger partial charge in [-0.05, 0) is 23.8 Å². The van der Waals surface area contributed by atoms with Crippen LogP contribution in [0.5, 0.6) is 0 Å². The van der Waals surface area contributed by atoms with Crippen molar-refractivity contribution in [2.24, 2.45) is 0 Å². The zero-order valence-corrected chi connectivity index (χ0v) is 14.3. The van der Waals surface area contributed by atoms with Crippen LogP contribution in [0.3, 0.4) is 0 Å². The van der Waals surface area contributed by atoms with Crippen molar-refractivity contribution in [1.29, 1.82) is 0 Å². The molecular formula is C16H16N4O3S. The van der Waals surface area contributed by atoms with Crippen LogP contribution in [0.4, 0.5) is 5.82 Å². The van der Waals surface area contributed by atoms with Crippen LogP contribution in [0.15, 0.2) is 34.4 Å². The summed E-state index contributed by atoms with van der Waals surface area (Å²) in [5, 5.41) is 5.27. The number of nitrogens with zero attached hydrogens (tertiary/aromatic N) is 3. The SMILES string of the molecule is COC1=CC(=Cc2c(N)n3nc(C(C)C)sc3nc2=O)C=CC1=O. The van der Waals surface area contributed by atoms with Gasteiger partial charge in [0.2, 0.25) is 10.7 Å². The average molecular weight is 344 g/mol. The highest BCUT2D eigenvalue weighted by atomic mass is 32.1. The Morgan fingerprint density at radius 1 is 1.33 bits per heavy atom. The van der Waals surface area contributed by atoms with E-state index in [9.17, 15) is 9.59 Å². The second kappa shape index (κ2) is 6.04. The van der Waals surface area contributed by atoms with Gasteiger partial charge in [0, 0.05) is 5.92 Å². The third-order valence-electron chi connectivity index (χ3n) is 3.50. The summed E-state index contributed by atoms with van der Waals surface area (Å²) in [4.78, 5) is 28.4. The lowest BCUT2D eigenvalue weighted by atomic mass is 10.0. The summed E-state index contributed by atoms with van der Waals surface area (Å²) in [6, 6.07) is 0. The molecule has 7 nitrogen and oxygen atoms in total. The van der Waals surface area contributed by atoms with Gasteiger partial charge in [-0.2, -0.15) is 14.6 Å². The van der Waals surface area contributed by atoms with Gasteiger partial charge in [-0.15, -0.1) is 0 Å². The van der Waals surface area contributed by atoms with E-state index < -0.39 is 5.56 Å². The fraction of sp³-hybridized carbons (Fsp3) is 0.250. The lowest BCUT2D eigenvalue weighted by molar-refractivity contribution is -0.114. The van der Waals surface area contributed by atoms with Gasteiger partial charge in [0.15, 0.2) is 5.76 Å². The number of hydrogen-bond donors (Lipinski definition) is 1. The molecule has 0 saturated heterocycles. The van der Waals surface area contributed by atoms with Crippen molar-refractivity contribution in [1.82, 2.24) is 14.6 Å². The Balaban J connectivity index is 2.15. The minimum atomic E-state index is -0.434. The maximum absolute atomic E-state index is 12.3. The van der Waals surface area contributed by atoms with Gasteiger partial charge in [0.1, 0.15) is 10.8 Å². The fourth-order valence-corrected chi connectivity index (χ4v) is 3.11. The molecule has 2 heterocycles. The zero-order chi connectivity index (χ0) is 17.4. The molecule has 0 unspecified atom stereocenters. The number of nitrogen functional groups attached to an aromatic ring is 1. The number of ether oxygens (including phenoxy) is 1. The smallest absolute Gasteiger partial charge is 0.283 e. The quantitative estimate of drug-likeness (QED) is 0.913. The summed E-state index contributed by atoms with van der Waals surface area (Å²) in [6.07, 6.45) is 6.10. The molecule has 0 aromatic carbocycles. The molecule has 2 aromatic heterocycles. The van der Waals surface area contributed by atoms with Gasteiger partial charge in [0.25, 0.3) is 5.56 Å². The molecule has 0 saturated carbocycles. The van der Waals surface area contributed by atoms with Crippen molar-refractivity contribution in [2.75, 3.05) is 12.8 Å². The van der Waals surface area contributed by atoms with E-state index in [1.807, 2.05) is 13.8 Å². The Bertz CT molecular complexity index is 979. The molecule has 1 aliphatic carbocycles. The highest BCUT2D eigenvalue weighted by Gasteiger charge is 2.16. The van der Waals surface area contributed by atoms with Gasteiger partial charge in [0.05, 0.1) is 12.7 Å². The van der Waals surface area contributed by atoms with Crippen LogP contribution in [-0.4, -0.2) is 27.5 Å². The van der Waals surface area contributed by atoms with Crippen molar-refractivity contribution >= 4 is 34.0 Å². The monoisotopic (exact) mass is 344 g/mol. The lowest BCUT2D eigenvalue weighted by Gasteiger charge is -2.08. The fourth-order valence-electron chi connectivity index (χ4n) is 2.21. The maximum Gasteiger partial charge on any atom is 0.283 e. The Kier molecular flexibility index (Phi) is 4.06. The van der Waals surface area contributed by atoms with Crippen LogP contribution in [0.2, 0.25) is 0 Å². The van der Waals surface area contributed by atoms with E-state index in [2.05, 4.69) is 10.1 Å². The van der Waals surface area contributed by atoms with Crippen LogP contribution in [0.1, 0.15) is 30.3 Å². The van der Waals surface area contributed by atoms with E-state index >= 15 is 0 Å². The predicted molar refractivity (Wildman–Crippen MR) is 92.9 cm³/mol. The van der Waals surface area contributed by atoms with E-state index in [0.29, 0.717) is 10.5 Å². The number of anilines is 1. The van der Waals surface area contributed by atoms with E-state index in [1.165, 1.54) is 29.0 Å². The molecule has 0 amide bonds. The Morgan fingerprint density at radius 3 is 2.75 bits per heavy atom. The van der Waals surface area contributed by atoms with Gasteiger partial charge in [-0.1, -0.05) is 31.3 Å². The van der Waals surface area contributed by atoms with E-state index in [4.69, 9.17) is 10.5 Å². The highest BCUT2D eigenvalue weighted by molar-refractivity contribution is 7.16. The molecule has 0 fully saturated rings. The van der Waals surface area contributed by atoms with Crippen molar-refractivity contribution in [3.63, 3.8) is 0 Å². The molecule has 0 bridgehead atoms. The third-order valence-corrected chi connectivity index (χ3v) is 4.71. The van der Waals surface area contributed by atoms with Crippen LogP contribution in [0.25, 0.3) is 11.0 Å². The first-order valence-corrected chi connectivity index (χ1v) is 8.11. The Labute approximate surface area is 141 Å². The molecule has 0 radical (unpaired) electrons. The molecule has 0 spiro atoms. The molecule has 2 aromatic rings. The number of ketones is 1. The topological polar surface area (TPSA) is 99.6 Å². The predicted octanol–water partition coefficient (Wildman–Crippen LogP) is 1.91. The third kappa shape index (κ3) is 2.76. The van der Waals surface area contributed by atoms with Gasteiger partial charge < -0.3 is 10.5 Å². The number of carbonyl (C=O) groups excluding carboxylic acids is 1. The summed E-state index contributed by atoms with van der Waals surface area (Å²) in [6.45, 7) is 4.02. The molecule has 8 heteroatoms. The van der Waals surface area contributed by atoms with Crippen LogP contribution in [0, 0.1) is 0 Å². The number of allylic oxidation sites excluding steroid dienone is 4. The summed E-state index contributed by atoms with van der Waals surface area (Å²) in [5.74, 6) is 0.409. The number of methoxy groups -OCH3 is 1. The summed E-state index contributed by atoms with van der Waals surface area (Å²) < 4.78 is 6.49. The molecule has 1 aliphatic rings. The summed E-state index contributed by atoms with van der Waals surface area (Å²) >= 11 is 1.34. The number of aromatic nitrogens is 3. The van der Waals surface area contributed by atoms with E-state index in [-0.39, 0.29) is 28.8 Å². The van der Waals surface area contributed by atoms with Gasteiger partial charge >= 0.3 is 0 Å². The van der Waals surface area contributed by atoms with Crippen molar-refractivity contribution in [3.05, 3.63) is 50.5 Å². The standard InChI is InChI=1S/C16H16N4O3S/c1-8(2)15-19-20-13(17)10(14(22)18-16(20)24-15)6-9-4-5-11(21)12(7-9)23-3/h4-8H,17H2,1-3H3. The molecular weight excluding hydrogens is 328 g/mol. The average Bonchev–Trinajstić information content (AvgIpc) is 2.97. The second-order valence-electron chi connectivity index (χ2n) is 5.56. The minimum Gasteiger partial charge on any atom is -0.493 e. The van der Waals surface area contributed by atoms with Gasteiger partial charge in [-0.25, -0.2) is 0 Å². The van der Waals surface area contributed by atoms with E-state index in [0.717, 1.165) is 5.01 Å². The van der Waals surface area contributed by atoms with Crippen LogP contribution < -0.4 is 11.3 Å². The Hall–Kier alpha value is -2.74. The normalized spacial score (nSPS) is 16.2. The maximum atomic E-state index is 12.3. The largest absolute Gasteiger partial charge is 0.493 e. The number of carbonyl (C=O) groups is 1. The van der Waals surface area contributed by atoms with Crippen LogP contribution >= 0.6 is 11.3 Å². The molecule has 24 heavy (non-hydrogen) atoms. The van der Waals surface area contributed by atoms with Crippen molar-refractivity contribution in [2.45, 2.75) is 19.8 Å². The number of nitrogens with two attached hydrogens (primary N) is 1. The highest BCUT2D eigenvalue weighted by Crippen LogP contribution is 2.24. The number of fused-ring (bicyclic) bond motifs is 1. The first-order valence-electron chi connectivity index (χ1n) is 7.29. The van der Waals surface area contributed by atoms with E-state index in [1.54, 1.807) is 18.2 Å². The molecule has 0 atom stereocenters.